The van der Waals surface area contributed by atoms with E-state index in [0.29, 0.717) is 6.42 Å². The molecule has 18 heavy (non-hydrogen) atoms. The predicted molar refractivity (Wildman–Crippen MR) is 73.4 cm³/mol. The summed E-state index contributed by atoms with van der Waals surface area (Å²) in [6.45, 7) is 0. The molecular weight excluding hydrogens is 248 g/mol. The van der Waals surface area contributed by atoms with Crippen molar-refractivity contribution in [2.45, 2.75) is 31.8 Å². The Hall–Kier alpha value is -1.16. The van der Waals surface area contributed by atoms with E-state index in [9.17, 15) is 4.79 Å². The van der Waals surface area contributed by atoms with E-state index in [4.69, 9.17) is 9.84 Å². The molecule has 0 spiro atoms. The van der Waals surface area contributed by atoms with E-state index in [1.165, 1.54) is 0 Å². The SMILES string of the molecule is O=C(O)CCc1ccccc1OC1CCSCC1. The van der Waals surface area contributed by atoms with Crippen LogP contribution in [0.15, 0.2) is 24.3 Å². The van der Waals surface area contributed by atoms with E-state index in [1.807, 2.05) is 36.0 Å². The van der Waals surface area contributed by atoms with Gasteiger partial charge in [-0.25, -0.2) is 0 Å². The van der Waals surface area contributed by atoms with Crippen molar-refractivity contribution < 1.29 is 14.6 Å². The Morgan fingerprint density at radius 1 is 1.33 bits per heavy atom. The normalized spacial score (nSPS) is 16.4. The molecule has 1 aliphatic rings. The molecule has 0 amide bonds. The maximum absolute atomic E-state index is 10.6. The number of thioether (sulfide) groups is 1. The van der Waals surface area contributed by atoms with Gasteiger partial charge in [0.2, 0.25) is 0 Å². The maximum Gasteiger partial charge on any atom is 0.303 e. The average molecular weight is 266 g/mol. The molecule has 0 aliphatic carbocycles. The van der Waals surface area contributed by atoms with Crippen LogP contribution in [0, 0.1) is 0 Å². The van der Waals surface area contributed by atoms with Gasteiger partial charge in [-0.15, -0.1) is 0 Å². The Bertz CT molecular complexity index is 400. The van der Waals surface area contributed by atoms with Gasteiger partial charge in [0.15, 0.2) is 0 Å². The number of aryl methyl sites for hydroxylation is 1. The fraction of sp³-hybridized carbons (Fsp3) is 0.500. The number of hydrogen-bond donors (Lipinski definition) is 1. The van der Waals surface area contributed by atoms with Crippen LogP contribution < -0.4 is 4.74 Å². The molecule has 1 saturated heterocycles. The molecule has 0 unspecified atom stereocenters. The quantitative estimate of drug-likeness (QED) is 0.890. The van der Waals surface area contributed by atoms with Crippen LogP contribution in [0.4, 0.5) is 0 Å². The molecule has 1 N–H and O–H groups in total. The van der Waals surface area contributed by atoms with Crippen molar-refractivity contribution in [1.82, 2.24) is 0 Å². The smallest absolute Gasteiger partial charge is 0.303 e. The number of para-hydroxylation sites is 1. The Morgan fingerprint density at radius 2 is 2.06 bits per heavy atom. The highest BCUT2D eigenvalue weighted by Crippen LogP contribution is 2.26. The molecule has 4 heteroatoms. The third kappa shape index (κ3) is 3.95. The van der Waals surface area contributed by atoms with Crippen molar-refractivity contribution in [1.29, 1.82) is 0 Å². The number of carboxylic acids is 1. The number of rotatable bonds is 5. The molecule has 98 valence electrons. The topological polar surface area (TPSA) is 46.5 Å². The summed E-state index contributed by atoms with van der Waals surface area (Å²) in [7, 11) is 0. The zero-order valence-electron chi connectivity index (χ0n) is 10.3. The first-order valence-corrected chi connectivity index (χ1v) is 7.45. The highest BCUT2D eigenvalue weighted by molar-refractivity contribution is 7.99. The highest BCUT2D eigenvalue weighted by Gasteiger charge is 2.16. The summed E-state index contributed by atoms with van der Waals surface area (Å²) in [6, 6.07) is 7.77. The first kappa shape index (κ1) is 13.3. The van der Waals surface area contributed by atoms with Crippen molar-refractivity contribution in [3.05, 3.63) is 29.8 Å². The zero-order chi connectivity index (χ0) is 12.8. The van der Waals surface area contributed by atoms with Gasteiger partial charge >= 0.3 is 5.97 Å². The molecule has 1 aliphatic heterocycles. The number of hydrogen-bond acceptors (Lipinski definition) is 3. The Morgan fingerprint density at radius 3 is 2.78 bits per heavy atom. The van der Waals surface area contributed by atoms with Gasteiger partial charge in [-0.3, -0.25) is 4.79 Å². The monoisotopic (exact) mass is 266 g/mol. The molecule has 0 atom stereocenters. The lowest BCUT2D eigenvalue weighted by Gasteiger charge is -2.24. The van der Waals surface area contributed by atoms with Crippen LogP contribution in [0.5, 0.6) is 5.75 Å². The van der Waals surface area contributed by atoms with Crippen LogP contribution in [0.25, 0.3) is 0 Å². The van der Waals surface area contributed by atoms with E-state index >= 15 is 0 Å². The Balaban J connectivity index is 1.99. The third-order valence-electron chi connectivity index (χ3n) is 3.04. The summed E-state index contributed by atoms with van der Waals surface area (Å²) in [5.74, 6) is 2.40. The lowest BCUT2D eigenvalue weighted by molar-refractivity contribution is -0.136. The fourth-order valence-corrected chi connectivity index (χ4v) is 3.10. The second-order valence-electron chi connectivity index (χ2n) is 4.43. The molecule has 0 saturated carbocycles. The summed E-state index contributed by atoms with van der Waals surface area (Å²) in [4.78, 5) is 10.6. The van der Waals surface area contributed by atoms with E-state index in [-0.39, 0.29) is 12.5 Å². The van der Waals surface area contributed by atoms with E-state index in [0.717, 1.165) is 35.7 Å². The third-order valence-corrected chi connectivity index (χ3v) is 4.09. The molecule has 2 rings (SSSR count). The second kappa shape index (κ2) is 6.69. The van der Waals surface area contributed by atoms with Crippen LogP contribution >= 0.6 is 11.8 Å². The van der Waals surface area contributed by atoms with Gasteiger partial charge in [-0.2, -0.15) is 11.8 Å². The minimum Gasteiger partial charge on any atom is -0.490 e. The lowest BCUT2D eigenvalue weighted by atomic mass is 10.1. The lowest BCUT2D eigenvalue weighted by Crippen LogP contribution is -2.22. The van der Waals surface area contributed by atoms with Gasteiger partial charge in [-0.1, -0.05) is 18.2 Å². The van der Waals surface area contributed by atoms with Gasteiger partial charge in [0.1, 0.15) is 11.9 Å². The van der Waals surface area contributed by atoms with Crippen LogP contribution in [0.3, 0.4) is 0 Å². The molecule has 1 heterocycles. The number of benzene rings is 1. The number of aliphatic carboxylic acids is 1. The Labute approximate surface area is 112 Å². The molecule has 1 aromatic carbocycles. The van der Waals surface area contributed by atoms with Crippen LogP contribution in [-0.4, -0.2) is 28.7 Å². The van der Waals surface area contributed by atoms with Crippen LogP contribution in [0.2, 0.25) is 0 Å². The summed E-state index contributed by atoms with van der Waals surface area (Å²) >= 11 is 1.97. The van der Waals surface area contributed by atoms with Crippen molar-refractivity contribution in [2.75, 3.05) is 11.5 Å². The minimum atomic E-state index is -0.765. The van der Waals surface area contributed by atoms with Crippen molar-refractivity contribution >= 4 is 17.7 Å². The van der Waals surface area contributed by atoms with Crippen molar-refractivity contribution in [3.8, 4) is 5.75 Å². The van der Waals surface area contributed by atoms with Gasteiger partial charge < -0.3 is 9.84 Å². The average Bonchev–Trinajstić information content (AvgIpc) is 2.39. The molecule has 1 aromatic rings. The molecule has 0 bridgehead atoms. The summed E-state index contributed by atoms with van der Waals surface area (Å²) in [5.41, 5.74) is 0.998. The van der Waals surface area contributed by atoms with Gasteiger partial charge in [0.05, 0.1) is 0 Å². The van der Waals surface area contributed by atoms with E-state index in [2.05, 4.69) is 0 Å². The van der Waals surface area contributed by atoms with E-state index < -0.39 is 5.97 Å². The summed E-state index contributed by atoms with van der Waals surface area (Å²) in [5, 5.41) is 8.74. The molecular formula is C14H18O3S. The molecule has 3 nitrogen and oxygen atoms in total. The Kier molecular flexibility index (Phi) is 4.93. The largest absolute Gasteiger partial charge is 0.490 e. The number of carbonyl (C=O) groups is 1. The predicted octanol–water partition coefficient (Wildman–Crippen LogP) is 2.98. The van der Waals surface area contributed by atoms with Gasteiger partial charge in [-0.05, 0) is 42.4 Å². The van der Waals surface area contributed by atoms with Crippen molar-refractivity contribution in [2.24, 2.45) is 0 Å². The zero-order valence-corrected chi connectivity index (χ0v) is 11.1. The van der Waals surface area contributed by atoms with Crippen molar-refractivity contribution in [3.63, 3.8) is 0 Å². The highest BCUT2D eigenvalue weighted by atomic mass is 32.2. The first-order valence-electron chi connectivity index (χ1n) is 6.30. The first-order chi connectivity index (χ1) is 8.75. The summed E-state index contributed by atoms with van der Waals surface area (Å²) in [6.07, 6.45) is 3.14. The second-order valence-corrected chi connectivity index (χ2v) is 5.66. The summed E-state index contributed by atoms with van der Waals surface area (Å²) < 4.78 is 6.01. The minimum absolute atomic E-state index is 0.154. The van der Waals surface area contributed by atoms with Crippen LogP contribution in [0.1, 0.15) is 24.8 Å². The molecule has 0 aromatic heterocycles. The maximum atomic E-state index is 10.6. The molecule has 0 radical (unpaired) electrons. The van der Waals surface area contributed by atoms with Crippen LogP contribution in [-0.2, 0) is 11.2 Å². The van der Waals surface area contributed by atoms with Gasteiger partial charge in [0.25, 0.3) is 0 Å². The number of ether oxygens (including phenoxy) is 1. The molecule has 1 fully saturated rings. The van der Waals surface area contributed by atoms with E-state index in [1.54, 1.807) is 0 Å². The standard InChI is InChI=1S/C14H18O3S/c15-14(16)6-5-11-3-1-2-4-13(11)17-12-7-9-18-10-8-12/h1-4,12H,5-10H2,(H,15,16). The fourth-order valence-electron chi connectivity index (χ4n) is 2.04. The van der Waals surface area contributed by atoms with Gasteiger partial charge in [0, 0.05) is 6.42 Å². The number of carboxylic acid groups (broad SMARTS) is 1.